The van der Waals surface area contributed by atoms with Crippen molar-refractivity contribution in [1.82, 2.24) is 0 Å². The van der Waals surface area contributed by atoms with Crippen molar-refractivity contribution in [2.45, 2.75) is 5.33 Å². The molecule has 0 aromatic heterocycles. The minimum Gasteiger partial charge on any atom is -0.322 e. The van der Waals surface area contributed by atoms with Crippen LogP contribution in [-0.2, 0) is 5.33 Å². The molecule has 0 saturated carbocycles. The zero-order chi connectivity index (χ0) is 13.0. The minimum atomic E-state index is -0.0772. The topological polar surface area (TPSA) is 29.1 Å². The van der Waals surface area contributed by atoms with Crippen molar-refractivity contribution in [2.24, 2.45) is 0 Å². The van der Waals surface area contributed by atoms with E-state index in [1.54, 1.807) is 0 Å². The van der Waals surface area contributed by atoms with Gasteiger partial charge in [-0.1, -0.05) is 40.2 Å². The summed E-state index contributed by atoms with van der Waals surface area (Å²) in [5.41, 5.74) is 2.69. The molecule has 0 radical (unpaired) electrons. The van der Waals surface area contributed by atoms with Crippen molar-refractivity contribution >= 4 is 50.1 Å². The molecule has 2 nitrogen and oxygen atoms in total. The first-order valence-electron chi connectivity index (χ1n) is 5.41. The molecule has 92 valence electrons. The highest BCUT2D eigenvalue weighted by Crippen LogP contribution is 2.16. The summed E-state index contributed by atoms with van der Waals surface area (Å²) in [7, 11) is 0. The van der Waals surface area contributed by atoms with Crippen molar-refractivity contribution in [2.75, 3.05) is 5.32 Å². The quantitative estimate of drug-likeness (QED) is 0.582. The maximum atomic E-state index is 12.1. The van der Waals surface area contributed by atoms with Crippen LogP contribution in [0.25, 0.3) is 0 Å². The van der Waals surface area contributed by atoms with E-state index in [4.69, 9.17) is 0 Å². The first-order valence-corrected chi connectivity index (χ1v) is 7.61. The van der Waals surface area contributed by atoms with Gasteiger partial charge in [0, 0.05) is 14.6 Å². The maximum absolute atomic E-state index is 12.1. The van der Waals surface area contributed by atoms with Gasteiger partial charge < -0.3 is 5.32 Å². The number of alkyl halides is 1. The molecule has 0 atom stereocenters. The van der Waals surface area contributed by atoms with Crippen molar-refractivity contribution in [3.05, 3.63) is 63.2 Å². The van der Waals surface area contributed by atoms with Crippen LogP contribution < -0.4 is 5.32 Å². The number of carbonyl (C=O) groups excluding carboxylic acids is 1. The summed E-state index contributed by atoms with van der Waals surface area (Å²) in [6, 6.07) is 15.3. The number of rotatable bonds is 3. The van der Waals surface area contributed by atoms with E-state index in [2.05, 4.69) is 43.8 Å². The molecule has 4 heteroatoms. The third kappa shape index (κ3) is 3.32. The third-order valence-corrected chi connectivity index (χ3v) is 4.07. The van der Waals surface area contributed by atoms with Gasteiger partial charge in [0.1, 0.15) is 0 Å². The highest BCUT2D eigenvalue weighted by Gasteiger charge is 2.08. The molecule has 2 aromatic carbocycles. The lowest BCUT2D eigenvalue weighted by Gasteiger charge is -2.07. The maximum Gasteiger partial charge on any atom is 0.256 e. The van der Waals surface area contributed by atoms with Crippen LogP contribution in [0.1, 0.15) is 15.9 Å². The van der Waals surface area contributed by atoms with Crippen LogP contribution in [0.2, 0.25) is 0 Å². The summed E-state index contributed by atoms with van der Waals surface area (Å²) in [6.45, 7) is 0. The summed E-state index contributed by atoms with van der Waals surface area (Å²) in [5, 5.41) is 3.71. The van der Waals surface area contributed by atoms with Crippen LogP contribution in [0.5, 0.6) is 0 Å². The van der Waals surface area contributed by atoms with Gasteiger partial charge in [-0.3, -0.25) is 4.79 Å². The van der Waals surface area contributed by atoms with Crippen LogP contribution in [0.3, 0.4) is 0 Å². The van der Waals surface area contributed by atoms with E-state index < -0.39 is 0 Å². The molecule has 0 fully saturated rings. The summed E-state index contributed by atoms with van der Waals surface area (Å²) in [4.78, 5) is 12.1. The Morgan fingerprint density at radius 3 is 2.39 bits per heavy atom. The monoisotopic (exact) mass is 415 g/mol. The van der Waals surface area contributed by atoms with E-state index in [0.717, 1.165) is 14.6 Å². The van der Waals surface area contributed by atoms with Gasteiger partial charge in [-0.15, -0.1) is 0 Å². The molecule has 0 bridgehead atoms. The van der Waals surface area contributed by atoms with Gasteiger partial charge in [-0.25, -0.2) is 0 Å². The SMILES string of the molecule is O=C(Nc1ccc(CBr)cc1)c1ccccc1I. The number of halogens is 2. The molecule has 0 aliphatic rings. The van der Waals surface area contributed by atoms with Gasteiger partial charge in [0.25, 0.3) is 5.91 Å². The number of amides is 1. The molecule has 18 heavy (non-hydrogen) atoms. The van der Waals surface area contributed by atoms with Gasteiger partial charge in [-0.2, -0.15) is 0 Å². The molecular weight excluding hydrogens is 405 g/mol. The highest BCUT2D eigenvalue weighted by molar-refractivity contribution is 14.1. The molecule has 0 heterocycles. The van der Waals surface area contributed by atoms with Crippen LogP contribution in [0.15, 0.2) is 48.5 Å². The van der Waals surface area contributed by atoms with Crippen molar-refractivity contribution < 1.29 is 4.79 Å². The molecule has 0 aliphatic carbocycles. The van der Waals surface area contributed by atoms with Gasteiger partial charge >= 0.3 is 0 Å². The Hall–Kier alpha value is -0.880. The second-order valence-corrected chi connectivity index (χ2v) is 5.49. The first kappa shape index (κ1) is 13.5. The van der Waals surface area contributed by atoms with Gasteiger partial charge in [0.2, 0.25) is 0 Å². The van der Waals surface area contributed by atoms with Crippen molar-refractivity contribution in [3.63, 3.8) is 0 Å². The number of benzene rings is 2. The van der Waals surface area contributed by atoms with E-state index in [0.29, 0.717) is 5.56 Å². The molecule has 2 rings (SSSR count). The van der Waals surface area contributed by atoms with Crippen molar-refractivity contribution in [1.29, 1.82) is 0 Å². The normalized spacial score (nSPS) is 10.1. The molecule has 0 spiro atoms. The lowest BCUT2D eigenvalue weighted by atomic mass is 10.2. The number of nitrogens with one attached hydrogen (secondary N) is 1. The fourth-order valence-corrected chi connectivity index (χ4v) is 2.53. The highest BCUT2D eigenvalue weighted by atomic mass is 127. The number of hydrogen-bond donors (Lipinski definition) is 1. The summed E-state index contributed by atoms with van der Waals surface area (Å²) in [5.74, 6) is -0.0772. The minimum absolute atomic E-state index is 0.0772. The van der Waals surface area contributed by atoms with Gasteiger partial charge in [-0.05, 0) is 52.4 Å². The Balaban J connectivity index is 2.14. The average molecular weight is 416 g/mol. The largest absolute Gasteiger partial charge is 0.322 e. The fraction of sp³-hybridized carbons (Fsp3) is 0.0714. The van der Waals surface area contributed by atoms with Gasteiger partial charge in [0.15, 0.2) is 0 Å². The zero-order valence-electron chi connectivity index (χ0n) is 9.49. The standard InChI is InChI=1S/C14H11BrINO/c15-9-10-5-7-11(8-6-10)17-14(18)12-3-1-2-4-13(12)16/h1-8H,9H2,(H,17,18). The Kier molecular flexibility index (Phi) is 4.77. The third-order valence-electron chi connectivity index (χ3n) is 2.48. The summed E-state index contributed by atoms with van der Waals surface area (Å²) in [6.07, 6.45) is 0. The lowest BCUT2D eigenvalue weighted by molar-refractivity contribution is 0.102. The van der Waals surface area contributed by atoms with Crippen LogP contribution in [0, 0.1) is 3.57 Å². The molecule has 0 saturated heterocycles. The van der Waals surface area contributed by atoms with Crippen molar-refractivity contribution in [3.8, 4) is 0 Å². The summed E-state index contributed by atoms with van der Waals surface area (Å²) >= 11 is 5.55. The zero-order valence-corrected chi connectivity index (χ0v) is 13.2. The molecule has 0 unspecified atom stereocenters. The Bertz CT molecular complexity index is 554. The molecule has 1 amide bonds. The van der Waals surface area contributed by atoms with E-state index >= 15 is 0 Å². The Morgan fingerprint density at radius 2 is 1.78 bits per heavy atom. The first-order chi connectivity index (χ1) is 8.70. The van der Waals surface area contributed by atoms with Crippen LogP contribution >= 0.6 is 38.5 Å². The predicted octanol–water partition coefficient (Wildman–Crippen LogP) is 4.44. The van der Waals surface area contributed by atoms with E-state index in [1.807, 2.05) is 48.5 Å². The van der Waals surface area contributed by atoms with Crippen LogP contribution in [0.4, 0.5) is 5.69 Å². The van der Waals surface area contributed by atoms with E-state index in [-0.39, 0.29) is 5.91 Å². The second kappa shape index (κ2) is 6.33. The van der Waals surface area contributed by atoms with Gasteiger partial charge in [0.05, 0.1) is 5.56 Å². The Labute approximate surface area is 128 Å². The number of carbonyl (C=O) groups is 1. The second-order valence-electron chi connectivity index (χ2n) is 3.76. The number of anilines is 1. The lowest BCUT2D eigenvalue weighted by Crippen LogP contribution is -2.13. The Morgan fingerprint density at radius 1 is 1.11 bits per heavy atom. The molecular formula is C14H11BrINO. The predicted molar refractivity (Wildman–Crippen MR) is 86.2 cm³/mol. The fourth-order valence-electron chi connectivity index (χ4n) is 1.52. The average Bonchev–Trinajstić information content (AvgIpc) is 2.40. The van der Waals surface area contributed by atoms with E-state index in [9.17, 15) is 4.79 Å². The molecule has 2 aromatic rings. The van der Waals surface area contributed by atoms with Crippen LogP contribution in [-0.4, -0.2) is 5.91 Å². The summed E-state index contributed by atoms with van der Waals surface area (Å²) < 4.78 is 0.949. The number of hydrogen-bond acceptors (Lipinski definition) is 1. The van der Waals surface area contributed by atoms with E-state index in [1.165, 1.54) is 5.56 Å². The smallest absolute Gasteiger partial charge is 0.256 e. The molecule has 1 N–H and O–H groups in total. The molecule has 0 aliphatic heterocycles.